The van der Waals surface area contributed by atoms with Gasteiger partial charge in [-0.3, -0.25) is 4.72 Å². The highest BCUT2D eigenvalue weighted by Gasteiger charge is 2.28. The number of nitrogens with one attached hydrogen (secondary N) is 1. The van der Waals surface area contributed by atoms with Gasteiger partial charge >= 0.3 is 0 Å². The van der Waals surface area contributed by atoms with Crippen LogP contribution in [0.1, 0.15) is 11.1 Å². The second kappa shape index (κ2) is 9.16. The number of para-hydroxylation sites is 1. The van der Waals surface area contributed by atoms with Crippen molar-refractivity contribution in [3.63, 3.8) is 0 Å². The largest absolute Gasteiger partial charge is 0.359 e. The van der Waals surface area contributed by atoms with Crippen LogP contribution in [0.3, 0.4) is 0 Å². The lowest BCUT2D eigenvalue weighted by molar-refractivity contribution is 0.149. The number of sulfonamides is 2. The molecule has 1 aliphatic heterocycles. The van der Waals surface area contributed by atoms with Gasteiger partial charge in [-0.2, -0.15) is 0 Å². The highest BCUT2D eigenvalue weighted by molar-refractivity contribution is 7.93. The molecule has 2 heterocycles. The van der Waals surface area contributed by atoms with Crippen molar-refractivity contribution < 1.29 is 21.6 Å². The van der Waals surface area contributed by atoms with Crippen LogP contribution in [0.15, 0.2) is 71.8 Å². The minimum Gasteiger partial charge on any atom is -0.359 e. The summed E-state index contributed by atoms with van der Waals surface area (Å²) in [5.74, 6) is 0.377. The predicted octanol–water partition coefficient (Wildman–Crippen LogP) is 3.84. The Hall–Kier alpha value is -3.54. The maximum absolute atomic E-state index is 13.2. The number of anilines is 2. The van der Waals surface area contributed by atoms with E-state index in [-0.39, 0.29) is 24.0 Å². The molecule has 1 fully saturated rings. The van der Waals surface area contributed by atoms with Gasteiger partial charge in [0.1, 0.15) is 6.73 Å². The number of aromatic nitrogens is 2. The minimum atomic E-state index is -3.96. The van der Waals surface area contributed by atoms with Gasteiger partial charge in [-0.05, 0) is 61.4 Å². The average molecular weight is 525 g/mol. The minimum absolute atomic E-state index is 0.0469. The summed E-state index contributed by atoms with van der Waals surface area (Å²) in [6.07, 6.45) is 1.74. The Bertz CT molecular complexity index is 1690. The summed E-state index contributed by atoms with van der Waals surface area (Å²) < 4.78 is 60.3. The third kappa shape index (κ3) is 4.64. The number of fused-ring (bicyclic) bond motifs is 1. The molecule has 0 spiro atoms. The smallest absolute Gasteiger partial charge is 0.262 e. The van der Waals surface area contributed by atoms with E-state index in [2.05, 4.69) is 14.7 Å². The first-order valence-electron chi connectivity index (χ1n) is 11.2. The third-order valence-electron chi connectivity index (χ3n) is 5.99. The van der Waals surface area contributed by atoms with Gasteiger partial charge in [0.2, 0.25) is 10.0 Å². The van der Waals surface area contributed by atoms with Crippen molar-refractivity contribution in [1.82, 2.24) is 9.97 Å². The van der Waals surface area contributed by atoms with Crippen molar-refractivity contribution in [3.8, 4) is 11.4 Å². The summed E-state index contributed by atoms with van der Waals surface area (Å²) in [5.41, 5.74) is 3.54. The Kier molecular flexibility index (Phi) is 6.15. The fraction of sp³-hybridized carbons (Fsp3) is 0.200. The Morgan fingerprint density at radius 1 is 1.00 bits per heavy atom. The van der Waals surface area contributed by atoms with E-state index < -0.39 is 20.0 Å². The molecule has 1 N–H and O–H groups in total. The van der Waals surface area contributed by atoms with E-state index in [1.807, 2.05) is 37.3 Å². The molecule has 0 saturated carbocycles. The average Bonchev–Trinajstić information content (AvgIpc) is 2.84. The van der Waals surface area contributed by atoms with E-state index in [1.54, 1.807) is 25.3 Å². The lowest BCUT2D eigenvalue weighted by atomic mass is 10.1. The number of benzene rings is 3. The number of hydrogen-bond donors (Lipinski definition) is 1. The number of nitrogens with zero attached hydrogens (tertiary/aromatic N) is 3. The van der Waals surface area contributed by atoms with Crippen LogP contribution < -0.4 is 9.03 Å². The summed E-state index contributed by atoms with van der Waals surface area (Å²) in [4.78, 5) is 9.14. The summed E-state index contributed by atoms with van der Waals surface area (Å²) >= 11 is 0. The molecule has 4 aromatic rings. The van der Waals surface area contributed by atoms with Gasteiger partial charge in [0, 0.05) is 22.8 Å². The van der Waals surface area contributed by atoms with Gasteiger partial charge in [0.05, 0.1) is 28.5 Å². The fourth-order valence-corrected chi connectivity index (χ4v) is 6.56. The molecule has 0 atom stereocenters. The van der Waals surface area contributed by atoms with E-state index >= 15 is 0 Å². The van der Waals surface area contributed by atoms with Crippen molar-refractivity contribution in [2.24, 2.45) is 0 Å². The van der Waals surface area contributed by atoms with E-state index in [1.165, 1.54) is 18.2 Å². The van der Waals surface area contributed by atoms with E-state index in [0.717, 1.165) is 20.8 Å². The molecule has 1 aromatic heterocycles. The van der Waals surface area contributed by atoms with Crippen LogP contribution in [0, 0.1) is 13.8 Å². The van der Waals surface area contributed by atoms with Crippen LogP contribution in [0.2, 0.25) is 0 Å². The van der Waals surface area contributed by atoms with Gasteiger partial charge in [0.15, 0.2) is 5.82 Å². The molecule has 0 aliphatic carbocycles. The van der Waals surface area contributed by atoms with Crippen LogP contribution in [0.25, 0.3) is 22.3 Å². The second-order valence-electron chi connectivity index (χ2n) is 8.54. The second-order valence-corrected chi connectivity index (χ2v) is 12.2. The molecule has 0 bridgehead atoms. The maximum Gasteiger partial charge on any atom is 0.262 e. The van der Waals surface area contributed by atoms with E-state index in [4.69, 9.17) is 4.74 Å². The summed E-state index contributed by atoms with van der Waals surface area (Å²) in [7, 11) is -7.46. The van der Waals surface area contributed by atoms with E-state index in [0.29, 0.717) is 28.3 Å². The molecule has 1 saturated heterocycles. The van der Waals surface area contributed by atoms with Crippen LogP contribution >= 0.6 is 0 Å². The molecular formula is C25H24N4O5S2. The monoisotopic (exact) mass is 524 g/mol. The highest BCUT2D eigenvalue weighted by Crippen LogP contribution is 2.29. The Morgan fingerprint density at radius 3 is 2.58 bits per heavy atom. The van der Waals surface area contributed by atoms with Crippen LogP contribution in [0.5, 0.6) is 0 Å². The maximum atomic E-state index is 13.2. The first-order chi connectivity index (χ1) is 17.1. The molecule has 0 amide bonds. The van der Waals surface area contributed by atoms with Gasteiger partial charge in [-0.15, -0.1) is 0 Å². The van der Waals surface area contributed by atoms with Crippen LogP contribution in [-0.2, 0) is 24.8 Å². The summed E-state index contributed by atoms with van der Waals surface area (Å²) in [5, 5.41) is 0.915. The molecule has 11 heteroatoms. The molecule has 36 heavy (non-hydrogen) atoms. The Balaban J connectivity index is 1.45. The van der Waals surface area contributed by atoms with Crippen molar-refractivity contribution in [2.75, 3.05) is 28.1 Å². The van der Waals surface area contributed by atoms with Crippen molar-refractivity contribution in [3.05, 3.63) is 78.0 Å². The molecule has 1 aliphatic rings. The third-order valence-corrected chi connectivity index (χ3v) is 9.20. The zero-order valence-corrected chi connectivity index (χ0v) is 21.3. The molecule has 0 radical (unpaired) electrons. The topological polar surface area (TPSA) is 119 Å². The highest BCUT2D eigenvalue weighted by atomic mass is 32.2. The zero-order valence-electron chi connectivity index (χ0n) is 19.7. The van der Waals surface area contributed by atoms with E-state index in [9.17, 15) is 16.8 Å². The van der Waals surface area contributed by atoms with Crippen molar-refractivity contribution >= 4 is 42.3 Å². The molecule has 5 rings (SSSR count). The Labute approximate surface area is 209 Å². The molecule has 186 valence electrons. The number of rotatable bonds is 5. The summed E-state index contributed by atoms with van der Waals surface area (Å²) in [6, 6.07) is 17.2. The molecular weight excluding hydrogens is 500 g/mol. The molecule has 3 aromatic carbocycles. The molecule has 9 nitrogen and oxygen atoms in total. The quantitative estimate of drug-likeness (QED) is 0.421. The number of aryl methyl sites for hydroxylation is 2. The molecule has 0 unspecified atom stereocenters. The fourth-order valence-electron chi connectivity index (χ4n) is 4.07. The van der Waals surface area contributed by atoms with Gasteiger partial charge in [0.25, 0.3) is 10.0 Å². The predicted molar refractivity (Wildman–Crippen MR) is 139 cm³/mol. The first kappa shape index (κ1) is 24.2. The number of hydrogen-bond acceptors (Lipinski definition) is 7. The lowest BCUT2D eigenvalue weighted by Crippen LogP contribution is -2.41. The lowest BCUT2D eigenvalue weighted by Gasteiger charge is -2.28. The standard InChI is InChI=1S/C25H24N4O5S2/c1-17-7-8-20(14-22(17)25-26-15-19-5-3-4-6-23(19)27-25)28-36(32,33)24-10-9-21(13-18(24)2)29-16-34-11-12-35(29,30)31/h3-10,13-15,28H,11-12,16H2,1-2H3. The summed E-state index contributed by atoms with van der Waals surface area (Å²) in [6.45, 7) is 3.57. The van der Waals surface area contributed by atoms with Crippen molar-refractivity contribution in [2.45, 2.75) is 18.7 Å². The van der Waals surface area contributed by atoms with Crippen molar-refractivity contribution in [1.29, 1.82) is 0 Å². The Morgan fingerprint density at radius 2 is 1.81 bits per heavy atom. The zero-order chi connectivity index (χ0) is 25.5. The van der Waals surface area contributed by atoms with Gasteiger partial charge in [-0.1, -0.05) is 24.3 Å². The van der Waals surface area contributed by atoms with Gasteiger partial charge < -0.3 is 4.74 Å². The van der Waals surface area contributed by atoms with Crippen LogP contribution in [0.4, 0.5) is 11.4 Å². The first-order valence-corrected chi connectivity index (χ1v) is 14.3. The number of ether oxygens (including phenoxy) is 1. The van der Waals surface area contributed by atoms with Gasteiger partial charge in [-0.25, -0.2) is 31.1 Å². The van der Waals surface area contributed by atoms with Crippen LogP contribution in [-0.4, -0.2) is 45.9 Å². The SMILES string of the molecule is Cc1ccc(NS(=O)(=O)c2ccc(N3COCCS3(=O)=O)cc2C)cc1-c1ncc2ccccc2n1. The normalized spacial score (nSPS) is 15.7.